The minimum Gasteiger partial charge on any atom is -0.478 e. The number of alkyl halides is 3. The van der Waals surface area contributed by atoms with Gasteiger partial charge < -0.3 is 29.4 Å². The van der Waals surface area contributed by atoms with Crippen molar-refractivity contribution in [1.82, 2.24) is 19.9 Å². The van der Waals surface area contributed by atoms with Gasteiger partial charge in [0.15, 0.2) is 11.5 Å². The van der Waals surface area contributed by atoms with Crippen LogP contribution in [0.5, 0.6) is 6.01 Å². The van der Waals surface area contributed by atoms with Gasteiger partial charge in [0.05, 0.1) is 30.6 Å². The first kappa shape index (κ1) is 23.1. The Morgan fingerprint density at radius 3 is 2.58 bits per heavy atom. The molecule has 4 heterocycles. The van der Waals surface area contributed by atoms with Crippen LogP contribution in [0.4, 0.5) is 19.0 Å². The molecule has 0 spiro atoms. The van der Waals surface area contributed by atoms with Crippen molar-refractivity contribution in [2.75, 3.05) is 18.5 Å². The third-order valence-corrected chi connectivity index (χ3v) is 4.93. The van der Waals surface area contributed by atoms with Crippen molar-refractivity contribution in [3.05, 3.63) is 36.0 Å². The molecular weight excluding hydrogens is 451 g/mol. The Balaban J connectivity index is 1.44. The number of hydrogen-bond acceptors (Lipinski definition) is 10. The molecule has 2 aliphatic heterocycles. The van der Waals surface area contributed by atoms with Gasteiger partial charge in [-0.05, 0) is 13.8 Å². The Labute approximate surface area is 185 Å². The molecule has 0 saturated carbocycles. The highest BCUT2D eigenvalue weighted by molar-refractivity contribution is 5.86. The minimum absolute atomic E-state index is 0.0247. The van der Waals surface area contributed by atoms with Gasteiger partial charge in [-0.3, -0.25) is 4.98 Å². The highest BCUT2D eigenvalue weighted by Gasteiger charge is 2.52. The molecule has 0 aromatic carbocycles. The average molecular weight is 471 g/mol. The second kappa shape index (κ2) is 8.68. The summed E-state index contributed by atoms with van der Waals surface area (Å²) in [6.45, 7) is 3.45. The first-order chi connectivity index (χ1) is 15.5. The number of aromatic nitrogens is 4. The van der Waals surface area contributed by atoms with Gasteiger partial charge in [-0.15, -0.1) is 0 Å². The van der Waals surface area contributed by atoms with E-state index in [9.17, 15) is 18.0 Å². The number of nitrogens with zero attached hydrogens (tertiary/aromatic N) is 4. The Bertz CT molecular complexity index is 1010. The molecule has 2 N–H and O–H groups in total. The van der Waals surface area contributed by atoms with E-state index in [2.05, 4.69) is 25.3 Å². The lowest BCUT2D eigenvalue weighted by Gasteiger charge is -2.37. The molecule has 178 valence electrons. The molecule has 11 nitrogen and oxygen atoms in total. The second-order valence-electron chi connectivity index (χ2n) is 7.85. The topological polar surface area (TPSA) is 138 Å². The second-order valence-corrected chi connectivity index (χ2v) is 7.85. The molecule has 4 atom stereocenters. The molecule has 0 bridgehead atoms. The quantitative estimate of drug-likeness (QED) is 0.637. The summed E-state index contributed by atoms with van der Waals surface area (Å²) in [5.41, 5.74) is -1.21. The number of rotatable bonds is 6. The molecule has 2 fully saturated rings. The summed E-state index contributed by atoms with van der Waals surface area (Å²) < 4.78 is 62.1. The summed E-state index contributed by atoms with van der Waals surface area (Å²) in [6.07, 6.45) is -2.39. The smallest absolute Gasteiger partial charge is 0.434 e. The van der Waals surface area contributed by atoms with E-state index in [1.807, 2.05) is 0 Å². The van der Waals surface area contributed by atoms with Crippen LogP contribution < -0.4 is 10.1 Å². The third-order valence-electron chi connectivity index (χ3n) is 4.93. The molecular formula is C19H20F3N5O6. The van der Waals surface area contributed by atoms with Crippen LogP contribution in [0.15, 0.2) is 24.8 Å². The maximum Gasteiger partial charge on any atom is 0.434 e. The number of carboxylic acids is 1. The summed E-state index contributed by atoms with van der Waals surface area (Å²) >= 11 is 0. The molecule has 2 aliphatic rings. The van der Waals surface area contributed by atoms with Gasteiger partial charge in [-0.1, -0.05) is 0 Å². The van der Waals surface area contributed by atoms with E-state index < -0.39 is 48.0 Å². The van der Waals surface area contributed by atoms with Gasteiger partial charge >= 0.3 is 18.2 Å². The van der Waals surface area contributed by atoms with E-state index >= 15 is 0 Å². The minimum atomic E-state index is -4.63. The standard InChI is InChI=1S/C19H20F3N5O6/c1-18(2)32-14-10(26-13-6-23-5-12(27-13)19(20,21)22)7-30-11(15(14)33-18)8-31-17-24-3-9(4-25-17)16(28)29/h3-6,10-11,14-15H,7-8H2,1-2H3,(H,26,27)(H,28,29)/t10-,11+,14+,15-/m0/s1. The van der Waals surface area contributed by atoms with Crippen LogP contribution in [0, 0.1) is 0 Å². The van der Waals surface area contributed by atoms with E-state index in [-0.39, 0.29) is 30.6 Å². The van der Waals surface area contributed by atoms with Gasteiger partial charge in [0, 0.05) is 12.4 Å². The van der Waals surface area contributed by atoms with Crippen molar-refractivity contribution in [3.8, 4) is 6.01 Å². The molecule has 2 aromatic rings. The number of aromatic carboxylic acids is 1. The highest BCUT2D eigenvalue weighted by atomic mass is 19.4. The number of hydrogen-bond donors (Lipinski definition) is 2. The molecule has 0 aliphatic carbocycles. The Morgan fingerprint density at radius 2 is 1.91 bits per heavy atom. The van der Waals surface area contributed by atoms with Crippen molar-refractivity contribution in [2.45, 2.75) is 50.2 Å². The molecule has 33 heavy (non-hydrogen) atoms. The predicted molar refractivity (Wildman–Crippen MR) is 102 cm³/mol. The number of ether oxygens (including phenoxy) is 4. The van der Waals surface area contributed by atoms with Crippen LogP contribution in [0.2, 0.25) is 0 Å². The van der Waals surface area contributed by atoms with Crippen molar-refractivity contribution >= 4 is 11.8 Å². The Hall–Kier alpha value is -3.10. The maximum atomic E-state index is 12.9. The number of carboxylic acid groups (broad SMARTS) is 1. The van der Waals surface area contributed by atoms with Crippen molar-refractivity contribution in [3.63, 3.8) is 0 Å². The van der Waals surface area contributed by atoms with Crippen LogP contribution in [0.1, 0.15) is 29.9 Å². The van der Waals surface area contributed by atoms with Crippen LogP contribution in [0.25, 0.3) is 0 Å². The zero-order valence-electron chi connectivity index (χ0n) is 17.4. The number of carbonyl (C=O) groups is 1. The lowest BCUT2D eigenvalue weighted by molar-refractivity contribution is -0.156. The molecule has 0 radical (unpaired) electrons. The molecule has 2 saturated heterocycles. The van der Waals surface area contributed by atoms with Crippen LogP contribution in [0.3, 0.4) is 0 Å². The van der Waals surface area contributed by atoms with Crippen LogP contribution >= 0.6 is 0 Å². The normalized spacial score (nSPS) is 26.5. The molecule has 14 heteroatoms. The fraction of sp³-hybridized carbons (Fsp3) is 0.526. The number of nitrogens with one attached hydrogen (secondary N) is 1. The van der Waals surface area contributed by atoms with E-state index in [4.69, 9.17) is 24.1 Å². The Morgan fingerprint density at radius 1 is 1.21 bits per heavy atom. The zero-order valence-corrected chi connectivity index (χ0v) is 17.4. The summed E-state index contributed by atoms with van der Waals surface area (Å²) in [7, 11) is 0. The molecule has 0 unspecified atom stereocenters. The fourth-order valence-corrected chi connectivity index (χ4v) is 3.52. The highest BCUT2D eigenvalue weighted by Crippen LogP contribution is 2.36. The lowest BCUT2D eigenvalue weighted by atomic mass is 9.98. The largest absolute Gasteiger partial charge is 0.478 e. The SMILES string of the molecule is CC1(C)O[C@@H]2[C@H](O1)[C@@H](Nc1cncc(C(F)(F)F)n1)CO[C@@H]2COc1ncc(C(=O)O)cn1. The van der Waals surface area contributed by atoms with E-state index in [0.717, 1.165) is 12.4 Å². The summed E-state index contributed by atoms with van der Waals surface area (Å²) in [5.74, 6) is -2.21. The van der Waals surface area contributed by atoms with Crippen molar-refractivity contribution in [2.24, 2.45) is 0 Å². The number of fused-ring (bicyclic) bond motifs is 1. The summed E-state index contributed by atoms with van der Waals surface area (Å²) in [4.78, 5) is 25.7. The molecule has 4 rings (SSSR count). The number of halogens is 3. The molecule has 0 amide bonds. The zero-order chi connectivity index (χ0) is 23.8. The van der Waals surface area contributed by atoms with Crippen LogP contribution in [-0.4, -0.2) is 74.4 Å². The average Bonchev–Trinajstić information content (AvgIpc) is 3.08. The predicted octanol–water partition coefficient (Wildman–Crippen LogP) is 1.76. The van der Waals surface area contributed by atoms with Gasteiger partial charge in [-0.2, -0.15) is 13.2 Å². The summed E-state index contributed by atoms with van der Waals surface area (Å²) in [6, 6.07) is -0.616. The maximum absolute atomic E-state index is 12.9. The summed E-state index contributed by atoms with van der Waals surface area (Å²) in [5, 5.41) is 11.8. The Kier molecular flexibility index (Phi) is 6.07. The van der Waals surface area contributed by atoms with Gasteiger partial charge in [0.1, 0.15) is 30.7 Å². The monoisotopic (exact) mass is 471 g/mol. The van der Waals surface area contributed by atoms with Gasteiger partial charge in [-0.25, -0.2) is 19.7 Å². The lowest BCUT2D eigenvalue weighted by Crippen LogP contribution is -2.56. The van der Waals surface area contributed by atoms with Gasteiger partial charge in [0.25, 0.3) is 0 Å². The van der Waals surface area contributed by atoms with Crippen LogP contribution in [-0.2, 0) is 20.4 Å². The van der Waals surface area contributed by atoms with E-state index in [0.29, 0.717) is 6.20 Å². The first-order valence-electron chi connectivity index (χ1n) is 9.83. The third kappa shape index (κ3) is 5.29. The van der Waals surface area contributed by atoms with Crippen molar-refractivity contribution < 1.29 is 42.0 Å². The van der Waals surface area contributed by atoms with E-state index in [1.165, 1.54) is 6.20 Å². The first-order valence-corrected chi connectivity index (χ1v) is 9.83. The van der Waals surface area contributed by atoms with Crippen molar-refractivity contribution in [1.29, 1.82) is 0 Å². The number of anilines is 1. The van der Waals surface area contributed by atoms with Gasteiger partial charge in [0.2, 0.25) is 0 Å². The molecule has 2 aromatic heterocycles. The van der Waals surface area contributed by atoms with E-state index in [1.54, 1.807) is 13.8 Å². The fourth-order valence-electron chi connectivity index (χ4n) is 3.52.